The molecule has 2 atom stereocenters. The summed E-state index contributed by atoms with van der Waals surface area (Å²) in [6.07, 6.45) is 26.9. The highest BCUT2D eigenvalue weighted by Crippen LogP contribution is 2.23. The van der Waals surface area contributed by atoms with Crippen molar-refractivity contribution in [3.8, 4) is 0 Å². The van der Waals surface area contributed by atoms with Crippen molar-refractivity contribution in [2.24, 2.45) is 5.92 Å². The van der Waals surface area contributed by atoms with Crippen LogP contribution >= 0.6 is 0 Å². The first kappa shape index (κ1) is 22.1. The molecule has 1 aromatic heterocycles. The Hall–Kier alpha value is -0.980. The molecule has 0 aliphatic rings. The van der Waals surface area contributed by atoms with Crippen molar-refractivity contribution in [3.05, 3.63) is 36.7 Å². The van der Waals surface area contributed by atoms with Gasteiger partial charge in [0.05, 0.1) is 0 Å². The van der Waals surface area contributed by atoms with E-state index in [0.29, 0.717) is 6.04 Å². The highest BCUT2D eigenvalue weighted by atomic mass is 15.0. The molecule has 0 radical (unpaired) electrons. The third-order valence-corrected chi connectivity index (χ3v) is 5.47. The number of hydrogen-bond donors (Lipinski definition) is 0. The molecule has 1 aromatic rings. The minimum absolute atomic E-state index is 0.690. The van der Waals surface area contributed by atoms with Crippen LogP contribution in [0.4, 0.5) is 0 Å². The van der Waals surface area contributed by atoms with Crippen LogP contribution < -0.4 is 0 Å². The monoisotopic (exact) mass is 345 g/mol. The molecule has 1 heteroatoms. The maximum atomic E-state index is 2.43. The SMILES string of the molecule is CCCCCCCC/C=C\CCCC(C)CCC(CC)n1cccc1. The quantitative estimate of drug-likeness (QED) is 0.209. The summed E-state index contributed by atoms with van der Waals surface area (Å²) in [5.41, 5.74) is 0. The molecule has 0 N–H and O–H groups in total. The van der Waals surface area contributed by atoms with Gasteiger partial charge in [0, 0.05) is 18.4 Å². The van der Waals surface area contributed by atoms with Gasteiger partial charge in [0.2, 0.25) is 0 Å². The molecule has 25 heavy (non-hydrogen) atoms. The number of allylic oxidation sites excluding steroid dienone is 2. The van der Waals surface area contributed by atoms with Gasteiger partial charge in [0.25, 0.3) is 0 Å². The predicted octanol–water partition coefficient (Wildman–Crippen LogP) is 8.33. The zero-order valence-electron chi connectivity index (χ0n) is 17.3. The summed E-state index contributed by atoms with van der Waals surface area (Å²) in [5.74, 6) is 0.858. The molecular formula is C24H43N. The fourth-order valence-electron chi connectivity index (χ4n) is 3.64. The van der Waals surface area contributed by atoms with Crippen molar-refractivity contribution in [1.29, 1.82) is 0 Å². The van der Waals surface area contributed by atoms with Crippen LogP contribution in [0.2, 0.25) is 0 Å². The van der Waals surface area contributed by atoms with Crippen LogP contribution in [0, 0.1) is 5.92 Å². The summed E-state index contributed by atoms with van der Waals surface area (Å²) in [4.78, 5) is 0. The maximum Gasteiger partial charge on any atom is 0.0328 e. The van der Waals surface area contributed by atoms with Gasteiger partial charge in [-0.1, -0.05) is 71.4 Å². The van der Waals surface area contributed by atoms with Gasteiger partial charge in [-0.2, -0.15) is 0 Å². The lowest BCUT2D eigenvalue weighted by Crippen LogP contribution is -2.07. The second-order valence-corrected chi connectivity index (χ2v) is 7.83. The van der Waals surface area contributed by atoms with Crippen LogP contribution in [-0.4, -0.2) is 4.57 Å². The Labute approximate surface area is 157 Å². The van der Waals surface area contributed by atoms with Crippen LogP contribution in [0.1, 0.15) is 110 Å². The molecule has 0 fully saturated rings. The Bertz CT molecular complexity index is 404. The summed E-state index contributed by atoms with van der Waals surface area (Å²) in [5, 5.41) is 0. The molecule has 0 bridgehead atoms. The third-order valence-electron chi connectivity index (χ3n) is 5.47. The van der Waals surface area contributed by atoms with Gasteiger partial charge in [-0.15, -0.1) is 0 Å². The van der Waals surface area contributed by atoms with Crippen LogP contribution in [0.25, 0.3) is 0 Å². The smallest absolute Gasteiger partial charge is 0.0328 e. The standard InChI is InChI=1S/C24H43N/c1-4-6-7-8-9-10-11-12-13-14-15-18-23(3)19-20-24(5-2)25-21-16-17-22-25/h12-13,16-17,21-24H,4-11,14-15,18-20H2,1-3H3/b13-12-. The van der Waals surface area contributed by atoms with Crippen LogP contribution in [0.5, 0.6) is 0 Å². The van der Waals surface area contributed by atoms with Gasteiger partial charge in [-0.3, -0.25) is 0 Å². The van der Waals surface area contributed by atoms with Crippen LogP contribution in [-0.2, 0) is 0 Å². The lowest BCUT2D eigenvalue weighted by molar-refractivity contribution is 0.377. The van der Waals surface area contributed by atoms with Crippen LogP contribution in [0.15, 0.2) is 36.7 Å². The van der Waals surface area contributed by atoms with E-state index in [0.717, 1.165) is 5.92 Å². The molecule has 144 valence electrons. The van der Waals surface area contributed by atoms with E-state index in [4.69, 9.17) is 0 Å². The zero-order chi connectivity index (χ0) is 18.2. The van der Waals surface area contributed by atoms with Gasteiger partial charge < -0.3 is 4.57 Å². The molecule has 1 nitrogen and oxygen atoms in total. The van der Waals surface area contributed by atoms with E-state index in [1.165, 1.54) is 83.5 Å². The average Bonchev–Trinajstić information content (AvgIpc) is 3.14. The van der Waals surface area contributed by atoms with E-state index in [-0.39, 0.29) is 0 Å². The van der Waals surface area contributed by atoms with Gasteiger partial charge in [0.15, 0.2) is 0 Å². The minimum Gasteiger partial charge on any atom is -0.351 e. The van der Waals surface area contributed by atoms with Crippen molar-refractivity contribution in [3.63, 3.8) is 0 Å². The molecule has 1 rings (SSSR count). The zero-order valence-corrected chi connectivity index (χ0v) is 17.3. The number of hydrogen-bond acceptors (Lipinski definition) is 0. The van der Waals surface area contributed by atoms with Gasteiger partial charge in [0.1, 0.15) is 0 Å². The van der Waals surface area contributed by atoms with Crippen molar-refractivity contribution in [2.75, 3.05) is 0 Å². The minimum atomic E-state index is 0.690. The Morgan fingerprint density at radius 1 is 0.760 bits per heavy atom. The Morgan fingerprint density at radius 2 is 1.40 bits per heavy atom. The number of rotatable bonds is 16. The Morgan fingerprint density at radius 3 is 2.08 bits per heavy atom. The first-order valence-electron chi connectivity index (χ1n) is 11.0. The molecule has 0 aliphatic carbocycles. The van der Waals surface area contributed by atoms with Gasteiger partial charge in [-0.25, -0.2) is 0 Å². The highest BCUT2D eigenvalue weighted by Gasteiger charge is 2.10. The normalized spacial score (nSPS) is 14.2. The first-order valence-corrected chi connectivity index (χ1v) is 11.0. The molecule has 2 unspecified atom stereocenters. The van der Waals surface area contributed by atoms with E-state index < -0.39 is 0 Å². The molecule has 0 spiro atoms. The molecule has 0 saturated heterocycles. The number of unbranched alkanes of at least 4 members (excludes halogenated alkanes) is 7. The Balaban J connectivity index is 1.97. The average molecular weight is 346 g/mol. The van der Waals surface area contributed by atoms with Gasteiger partial charge >= 0.3 is 0 Å². The summed E-state index contributed by atoms with van der Waals surface area (Å²) in [7, 11) is 0. The fraction of sp³-hybridized carbons (Fsp3) is 0.750. The fourth-order valence-corrected chi connectivity index (χ4v) is 3.64. The van der Waals surface area contributed by atoms with E-state index >= 15 is 0 Å². The first-order chi connectivity index (χ1) is 12.3. The molecule has 0 saturated carbocycles. The van der Waals surface area contributed by atoms with Crippen LogP contribution in [0.3, 0.4) is 0 Å². The summed E-state index contributed by atoms with van der Waals surface area (Å²) in [6, 6.07) is 4.97. The third kappa shape index (κ3) is 11.3. The van der Waals surface area contributed by atoms with E-state index in [1.54, 1.807) is 0 Å². The predicted molar refractivity (Wildman–Crippen MR) is 113 cm³/mol. The lowest BCUT2D eigenvalue weighted by atomic mass is 9.95. The maximum absolute atomic E-state index is 2.43. The topological polar surface area (TPSA) is 4.93 Å². The number of aromatic nitrogens is 1. The molecule has 0 amide bonds. The molecule has 0 aliphatic heterocycles. The van der Waals surface area contributed by atoms with E-state index in [9.17, 15) is 0 Å². The van der Waals surface area contributed by atoms with Gasteiger partial charge in [-0.05, 0) is 63.0 Å². The molecule has 0 aromatic carbocycles. The van der Waals surface area contributed by atoms with Crippen molar-refractivity contribution in [2.45, 2.75) is 110 Å². The highest BCUT2D eigenvalue weighted by molar-refractivity contribution is 4.93. The van der Waals surface area contributed by atoms with Crippen molar-refractivity contribution >= 4 is 0 Å². The van der Waals surface area contributed by atoms with E-state index in [2.05, 4.69) is 62.0 Å². The second-order valence-electron chi connectivity index (χ2n) is 7.83. The summed E-state index contributed by atoms with van der Waals surface area (Å²) < 4.78 is 2.39. The summed E-state index contributed by atoms with van der Waals surface area (Å²) >= 11 is 0. The lowest BCUT2D eigenvalue weighted by Gasteiger charge is -2.19. The molecule has 1 heterocycles. The largest absolute Gasteiger partial charge is 0.351 e. The Kier molecular flexibility index (Phi) is 13.5. The van der Waals surface area contributed by atoms with Crippen molar-refractivity contribution in [1.82, 2.24) is 4.57 Å². The molecular weight excluding hydrogens is 302 g/mol. The van der Waals surface area contributed by atoms with E-state index in [1.807, 2.05) is 0 Å². The second kappa shape index (κ2) is 15.3. The number of nitrogens with zero attached hydrogens (tertiary/aromatic N) is 1. The van der Waals surface area contributed by atoms with Crippen molar-refractivity contribution < 1.29 is 0 Å². The summed E-state index contributed by atoms with van der Waals surface area (Å²) in [6.45, 7) is 7.03.